The first-order valence-electron chi connectivity index (χ1n) is 9.51. The number of halogens is 1. The lowest BCUT2D eigenvalue weighted by Gasteiger charge is -2.25. The second-order valence-corrected chi connectivity index (χ2v) is 11.5. The lowest BCUT2D eigenvalue weighted by Crippen LogP contribution is -2.37. The Hall–Kier alpha value is -2.03. The zero-order chi connectivity index (χ0) is 21.5. The molecule has 2 aromatic rings. The van der Waals surface area contributed by atoms with E-state index in [1.165, 1.54) is 11.8 Å². The fourth-order valence-corrected chi connectivity index (χ4v) is 7.76. The second kappa shape index (κ2) is 8.24. The zero-order valence-electron chi connectivity index (χ0n) is 16.7. The maximum Gasteiger partial charge on any atom is 0.252 e. The summed E-state index contributed by atoms with van der Waals surface area (Å²) >= 11 is 7.29. The molecule has 30 heavy (non-hydrogen) atoms. The monoisotopic (exact) mass is 463 g/mol. The summed E-state index contributed by atoms with van der Waals surface area (Å²) in [6.07, 6.45) is 0.169. The molecule has 0 N–H and O–H groups in total. The van der Waals surface area contributed by atoms with Gasteiger partial charge >= 0.3 is 0 Å². The molecule has 0 aliphatic carbocycles. The molecule has 0 aromatic heterocycles. The van der Waals surface area contributed by atoms with Gasteiger partial charge in [-0.3, -0.25) is 4.79 Å². The zero-order valence-corrected chi connectivity index (χ0v) is 19.0. The number of aliphatic imine (C=N–C) groups is 1. The van der Waals surface area contributed by atoms with Crippen LogP contribution in [0.5, 0.6) is 0 Å². The third kappa shape index (κ3) is 4.50. The minimum atomic E-state index is -3.10. The number of amidine groups is 1. The molecule has 6 nitrogen and oxygen atoms in total. The van der Waals surface area contributed by atoms with Crippen molar-refractivity contribution in [1.29, 1.82) is 0 Å². The van der Waals surface area contributed by atoms with E-state index >= 15 is 0 Å². The molecule has 2 heterocycles. The Kier molecular flexibility index (Phi) is 5.83. The van der Waals surface area contributed by atoms with E-state index in [1.54, 1.807) is 24.3 Å². The molecule has 2 aromatic carbocycles. The van der Waals surface area contributed by atoms with Crippen LogP contribution in [0.15, 0.2) is 53.5 Å². The first-order valence-corrected chi connectivity index (χ1v) is 12.6. The first-order chi connectivity index (χ1) is 14.2. The van der Waals surface area contributed by atoms with Crippen LogP contribution in [0.3, 0.4) is 0 Å². The summed E-state index contributed by atoms with van der Waals surface area (Å²) in [7, 11) is 0.826. The Balaban J connectivity index is 1.62. The van der Waals surface area contributed by atoms with Crippen LogP contribution in [0.25, 0.3) is 0 Å². The Morgan fingerprint density at radius 1 is 1.13 bits per heavy atom. The second-order valence-electron chi connectivity index (χ2n) is 7.67. The molecular formula is C21H22ClN3O3S2. The average Bonchev–Trinajstić information content (AvgIpc) is 3.14. The number of hydrogen-bond donors (Lipinski definition) is 0. The molecule has 9 heteroatoms. The van der Waals surface area contributed by atoms with Gasteiger partial charge in [0.2, 0.25) is 0 Å². The number of thioether (sulfide) groups is 1. The number of carbonyl (C=O) groups is 1. The lowest BCUT2D eigenvalue weighted by atomic mass is 10.1. The van der Waals surface area contributed by atoms with Crippen molar-refractivity contribution in [2.24, 2.45) is 4.99 Å². The minimum Gasteiger partial charge on any atom is -0.378 e. The highest BCUT2D eigenvalue weighted by atomic mass is 35.5. The number of hydrogen-bond acceptors (Lipinski definition) is 5. The van der Waals surface area contributed by atoms with Crippen molar-refractivity contribution >= 4 is 55.6 Å². The quantitative estimate of drug-likeness (QED) is 0.693. The van der Waals surface area contributed by atoms with Crippen LogP contribution in [0.1, 0.15) is 5.56 Å². The highest BCUT2D eigenvalue weighted by molar-refractivity contribution is 8.16. The van der Waals surface area contributed by atoms with Gasteiger partial charge in [0.15, 0.2) is 15.0 Å². The van der Waals surface area contributed by atoms with Crippen LogP contribution in [-0.2, 0) is 21.1 Å². The van der Waals surface area contributed by atoms with E-state index in [1.807, 2.05) is 48.2 Å². The predicted octanol–water partition coefficient (Wildman–Crippen LogP) is 3.25. The number of carbonyl (C=O) groups excluding carboxylic acids is 1. The van der Waals surface area contributed by atoms with E-state index in [0.717, 1.165) is 16.9 Å². The molecule has 0 spiro atoms. The topological polar surface area (TPSA) is 70.0 Å². The van der Waals surface area contributed by atoms with Crippen LogP contribution >= 0.6 is 23.4 Å². The number of amides is 1. The van der Waals surface area contributed by atoms with Gasteiger partial charge in [-0.25, -0.2) is 8.42 Å². The van der Waals surface area contributed by atoms with Crippen molar-refractivity contribution in [3.63, 3.8) is 0 Å². The summed E-state index contributed by atoms with van der Waals surface area (Å²) in [4.78, 5) is 20.9. The van der Waals surface area contributed by atoms with Crippen LogP contribution in [0, 0.1) is 0 Å². The molecular weight excluding hydrogens is 442 g/mol. The average molecular weight is 464 g/mol. The number of anilines is 2. The van der Waals surface area contributed by atoms with E-state index in [0.29, 0.717) is 10.2 Å². The standard InChI is InChI=1S/C21H22ClN3O3S2/c1-24(2)16-7-9-17(10-8-16)25-18-12-30(27,28)13-19(18)29-21(25)23-20(26)11-14-3-5-15(22)6-4-14/h3-10,18-19H,11-13H2,1-2H3/t18-,19-/m0/s1. The summed E-state index contributed by atoms with van der Waals surface area (Å²) in [6, 6.07) is 14.7. The van der Waals surface area contributed by atoms with Crippen LogP contribution in [0.4, 0.5) is 11.4 Å². The normalized spacial score (nSPS) is 23.6. The van der Waals surface area contributed by atoms with Crippen molar-refractivity contribution in [2.75, 3.05) is 35.4 Å². The third-order valence-corrected chi connectivity index (χ3v) is 8.66. The van der Waals surface area contributed by atoms with Gasteiger partial charge in [-0.15, -0.1) is 0 Å². The number of fused-ring (bicyclic) bond motifs is 1. The predicted molar refractivity (Wildman–Crippen MR) is 125 cm³/mol. The summed E-state index contributed by atoms with van der Waals surface area (Å²) in [6.45, 7) is 0. The van der Waals surface area contributed by atoms with E-state index in [9.17, 15) is 13.2 Å². The first kappa shape index (κ1) is 21.2. The lowest BCUT2D eigenvalue weighted by molar-refractivity contribution is -0.117. The number of nitrogens with zero attached hydrogens (tertiary/aromatic N) is 3. The van der Waals surface area contributed by atoms with Crippen LogP contribution in [0.2, 0.25) is 5.02 Å². The highest BCUT2D eigenvalue weighted by Crippen LogP contribution is 2.41. The SMILES string of the molecule is CN(C)c1ccc(N2C(=NC(=O)Cc3ccc(Cl)cc3)S[C@H]3CS(=O)(=O)C[C@@H]32)cc1. The largest absolute Gasteiger partial charge is 0.378 e. The van der Waals surface area contributed by atoms with Crippen molar-refractivity contribution in [3.8, 4) is 0 Å². The van der Waals surface area contributed by atoms with Crippen molar-refractivity contribution in [3.05, 3.63) is 59.1 Å². The Morgan fingerprint density at radius 2 is 1.80 bits per heavy atom. The summed E-state index contributed by atoms with van der Waals surface area (Å²) in [5.74, 6) is -0.0821. The highest BCUT2D eigenvalue weighted by Gasteiger charge is 2.49. The van der Waals surface area contributed by atoms with E-state index in [-0.39, 0.29) is 35.1 Å². The van der Waals surface area contributed by atoms with E-state index in [2.05, 4.69) is 4.99 Å². The minimum absolute atomic E-state index is 0.0739. The van der Waals surface area contributed by atoms with Crippen LogP contribution < -0.4 is 9.80 Å². The molecule has 2 aliphatic rings. The van der Waals surface area contributed by atoms with E-state index in [4.69, 9.17) is 11.6 Å². The maximum atomic E-state index is 12.6. The van der Waals surface area contributed by atoms with Gasteiger partial charge < -0.3 is 9.80 Å². The number of sulfone groups is 1. The Bertz CT molecular complexity index is 1080. The summed E-state index contributed by atoms with van der Waals surface area (Å²) in [5, 5.41) is 1.06. The molecule has 2 fully saturated rings. The van der Waals surface area contributed by atoms with Gasteiger partial charge in [-0.05, 0) is 42.0 Å². The Morgan fingerprint density at radius 3 is 2.43 bits per heavy atom. The molecule has 4 rings (SSSR count). The molecule has 0 bridgehead atoms. The molecule has 1 amide bonds. The number of rotatable bonds is 4. The van der Waals surface area contributed by atoms with E-state index < -0.39 is 9.84 Å². The van der Waals surface area contributed by atoms with Gasteiger partial charge in [0.05, 0.1) is 24.0 Å². The van der Waals surface area contributed by atoms with Crippen molar-refractivity contribution < 1.29 is 13.2 Å². The van der Waals surface area contributed by atoms with Gasteiger partial charge in [-0.2, -0.15) is 4.99 Å². The number of benzene rings is 2. The summed E-state index contributed by atoms with van der Waals surface area (Å²) in [5.41, 5.74) is 2.72. The van der Waals surface area contributed by atoms with Crippen molar-refractivity contribution in [2.45, 2.75) is 17.7 Å². The molecule has 2 saturated heterocycles. The molecule has 158 valence electrons. The Labute approximate surface area is 185 Å². The smallest absolute Gasteiger partial charge is 0.252 e. The summed E-state index contributed by atoms with van der Waals surface area (Å²) < 4.78 is 24.4. The van der Waals surface area contributed by atoms with Crippen LogP contribution in [-0.4, -0.2) is 56.4 Å². The van der Waals surface area contributed by atoms with Gasteiger partial charge in [0.25, 0.3) is 5.91 Å². The van der Waals surface area contributed by atoms with Gasteiger partial charge in [0, 0.05) is 35.7 Å². The van der Waals surface area contributed by atoms with Crippen molar-refractivity contribution in [1.82, 2.24) is 0 Å². The fraction of sp³-hybridized carbons (Fsp3) is 0.333. The maximum absolute atomic E-state index is 12.6. The fourth-order valence-electron chi connectivity index (χ4n) is 3.70. The molecule has 2 atom stereocenters. The third-order valence-electron chi connectivity index (χ3n) is 5.20. The molecule has 0 unspecified atom stereocenters. The molecule has 0 saturated carbocycles. The van der Waals surface area contributed by atoms with Gasteiger partial charge in [0.1, 0.15) is 0 Å². The molecule has 2 aliphatic heterocycles. The molecule has 0 radical (unpaired) electrons. The van der Waals surface area contributed by atoms with Gasteiger partial charge in [-0.1, -0.05) is 35.5 Å².